The quantitative estimate of drug-likeness (QED) is 0.780. The maximum absolute atomic E-state index is 12.2. The largest absolute Gasteiger partial charge is 0.306 e. The van der Waals surface area contributed by atoms with E-state index in [1.807, 2.05) is 6.07 Å². The molecule has 0 N–H and O–H groups in total. The van der Waals surface area contributed by atoms with Crippen LogP contribution in [-0.2, 0) is 0 Å². The first kappa shape index (κ1) is 13.9. The molecule has 0 radical (unpaired) electrons. The van der Waals surface area contributed by atoms with Crippen molar-refractivity contribution in [3.8, 4) is 0 Å². The summed E-state index contributed by atoms with van der Waals surface area (Å²) in [5, 5.41) is 0. The minimum Gasteiger partial charge on any atom is -0.306 e. The van der Waals surface area contributed by atoms with Gasteiger partial charge in [0.05, 0.1) is 0 Å². The molecule has 0 amide bonds. The lowest BCUT2D eigenvalue weighted by Crippen LogP contribution is -2.31. The van der Waals surface area contributed by atoms with Gasteiger partial charge in [0, 0.05) is 17.5 Å². The lowest BCUT2D eigenvalue weighted by Gasteiger charge is -2.28. The topological polar surface area (TPSA) is 37.4 Å². The summed E-state index contributed by atoms with van der Waals surface area (Å²) >= 11 is 0. The van der Waals surface area contributed by atoms with Gasteiger partial charge in [0.15, 0.2) is 11.6 Å². The lowest BCUT2D eigenvalue weighted by atomic mass is 9.89. The molecule has 1 aromatic carbocycles. The highest BCUT2D eigenvalue weighted by atomic mass is 16.1. The summed E-state index contributed by atoms with van der Waals surface area (Å²) in [6, 6.07) is 7.08. The van der Waals surface area contributed by atoms with Crippen LogP contribution in [0, 0.1) is 5.92 Å². The summed E-state index contributed by atoms with van der Waals surface area (Å²) in [6.07, 6.45) is 2.79. The molecule has 102 valence electrons. The molecule has 1 heterocycles. The highest BCUT2D eigenvalue weighted by Crippen LogP contribution is 2.22. The van der Waals surface area contributed by atoms with Crippen LogP contribution in [0.1, 0.15) is 46.9 Å². The van der Waals surface area contributed by atoms with Crippen LogP contribution in [0.2, 0.25) is 0 Å². The van der Waals surface area contributed by atoms with Gasteiger partial charge in [0.25, 0.3) is 0 Å². The number of carbonyl (C=O) groups excluding carboxylic acids is 2. The van der Waals surface area contributed by atoms with E-state index in [9.17, 15) is 9.59 Å². The zero-order chi connectivity index (χ0) is 13.8. The van der Waals surface area contributed by atoms with Crippen LogP contribution in [-0.4, -0.2) is 36.6 Å². The minimum atomic E-state index is 0.00828. The molecule has 1 fully saturated rings. The van der Waals surface area contributed by atoms with Crippen molar-refractivity contribution in [2.45, 2.75) is 26.2 Å². The Morgan fingerprint density at radius 2 is 1.84 bits per heavy atom. The van der Waals surface area contributed by atoms with Crippen molar-refractivity contribution in [3.05, 3.63) is 35.4 Å². The fourth-order valence-electron chi connectivity index (χ4n) is 2.56. The molecule has 2 rings (SSSR count). The molecule has 0 saturated carbocycles. The van der Waals surface area contributed by atoms with Crippen LogP contribution in [0.4, 0.5) is 0 Å². The Morgan fingerprint density at radius 3 is 2.47 bits per heavy atom. The highest BCUT2D eigenvalue weighted by Gasteiger charge is 2.20. The molecule has 0 atom stereocenters. The van der Waals surface area contributed by atoms with E-state index in [1.54, 1.807) is 18.2 Å². The van der Waals surface area contributed by atoms with Crippen LogP contribution in [0.5, 0.6) is 0 Å². The number of rotatable bonds is 4. The van der Waals surface area contributed by atoms with E-state index >= 15 is 0 Å². The molecule has 3 nitrogen and oxygen atoms in total. The third-order valence-corrected chi connectivity index (χ3v) is 3.90. The number of hydrogen-bond acceptors (Lipinski definition) is 3. The second kappa shape index (κ2) is 6.11. The van der Waals surface area contributed by atoms with Gasteiger partial charge in [-0.3, -0.25) is 9.59 Å². The lowest BCUT2D eigenvalue weighted by molar-refractivity contribution is 0.0936. The van der Waals surface area contributed by atoms with Gasteiger partial charge in [-0.2, -0.15) is 0 Å². The molecule has 1 aliphatic rings. The maximum atomic E-state index is 12.2. The zero-order valence-electron chi connectivity index (χ0n) is 11.7. The predicted molar refractivity (Wildman–Crippen MR) is 75.6 cm³/mol. The predicted octanol–water partition coefficient (Wildman–Crippen LogP) is 2.80. The Hall–Kier alpha value is -1.48. The molecular weight excluding hydrogens is 238 g/mol. The standard InChI is InChI=1S/C16H21NO2/c1-12(18)14-4-3-5-15(11-14)16(19)10-13-6-8-17(2)9-7-13/h3-5,11,13H,6-10H2,1-2H3. The number of ketones is 2. The average molecular weight is 259 g/mol. The van der Waals surface area contributed by atoms with Crippen molar-refractivity contribution >= 4 is 11.6 Å². The van der Waals surface area contributed by atoms with Gasteiger partial charge in [-0.1, -0.05) is 18.2 Å². The highest BCUT2D eigenvalue weighted by molar-refractivity contribution is 6.00. The molecule has 0 spiro atoms. The molecule has 19 heavy (non-hydrogen) atoms. The molecule has 0 bridgehead atoms. The Bertz CT molecular complexity index is 473. The van der Waals surface area contributed by atoms with Crippen LogP contribution < -0.4 is 0 Å². The smallest absolute Gasteiger partial charge is 0.163 e. The zero-order valence-corrected chi connectivity index (χ0v) is 11.7. The van der Waals surface area contributed by atoms with Gasteiger partial charge in [-0.25, -0.2) is 0 Å². The summed E-state index contributed by atoms with van der Waals surface area (Å²) < 4.78 is 0. The third-order valence-electron chi connectivity index (χ3n) is 3.90. The summed E-state index contributed by atoms with van der Waals surface area (Å²) in [4.78, 5) is 25.9. The summed E-state index contributed by atoms with van der Waals surface area (Å²) in [7, 11) is 2.12. The third kappa shape index (κ3) is 3.74. The SMILES string of the molecule is CC(=O)c1cccc(C(=O)CC2CCN(C)CC2)c1. The maximum Gasteiger partial charge on any atom is 0.163 e. The molecule has 3 heteroatoms. The van der Waals surface area contributed by atoms with E-state index < -0.39 is 0 Å². The van der Waals surface area contributed by atoms with Crippen molar-refractivity contribution in [2.24, 2.45) is 5.92 Å². The van der Waals surface area contributed by atoms with Gasteiger partial charge >= 0.3 is 0 Å². The van der Waals surface area contributed by atoms with Crippen molar-refractivity contribution in [3.63, 3.8) is 0 Å². The first-order chi connectivity index (χ1) is 9.06. The van der Waals surface area contributed by atoms with Gasteiger partial charge < -0.3 is 4.90 Å². The molecule has 0 unspecified atom stereocenters. The Labute approximate surface area is 114 Å². The van der Waals surface area contributed by atoms with Gasteiger partial charge in [-0.15, -0.1) is 0 Å². The number of piperidine rings is 1. The number of nitrogens with zero attached hydrogens (tertiary/aromatic N) is 1. The molecule has 1 saturated heterocycles. The Balaban J connectivity index is 2.00. The van der Waals surface area contributed by atoms with Crippen molar-refractivity contribution < 1.29 is 9.59 Å². The number of likely N-dealkylation sites (tertiary alicyclic amines) is 1. The normalized spacial score (nSPS) is 17.4. The van der Waals surface area contributed by atoms with Crippen molar-refractivity contribution in [1.82, 2.24) is 4.90 Å². The first-order valence-corrected chi connectivity index (χ1v) is 6.89. The van der Waals surface area contributed by atoms with Crippen LogP contribution in [0.3, 0.4) is 0 Å². The monoisotopic (exact) mass is 259 g/mol. The van der Waals surface area contributed by atoms with Crippen molar-refractivity contribution in [1.29, 1.82) is 0 Å². The number of hydrogen-bond donors (Lipinski definition) is 0. The number of Topliss-reactive ketones (excluding diaryl/α,β-unsaturated/α-hetero) is 2. The van der Waals surface area contributed by atoms with Crippen LogP contribution >= 0.6 is 0 Å². The molecule has 0 aromatic heterocycles. The van der Waals surface area contributed by atoms with Gasteiger partial charge in [0.2, 0.25) is 0 Å². The number of benzene rings is 1. The number of carbonyl (C=O) groups is 2. The van der Waals surface area contributed by atoms with E-state index in [0.29, 0.717) is 23.5 Å². The van der Waals surface area contributed by atoms with E-state index in [-0.39, 0.29) is 11.6 Å². The summed E-state index contributed by atoms with van der Waals surface area (Å²) in [5.41, 5.74) is 1.29. The average Bonchev–Trinajstić information content (AvgIpc) is 2.41. The Kier molecular flexibility index (Phi) is 4.48. The summed E-state index contributed by atoms with van der Waals surface area (Å²) in [5.74, 6) is 0.663. The molecule has 0 aliphatic carbocycles. The van der Waals surface area contributed by atoms with E-state index in [1.165, 1.54) is 6.92 Å². The first-order valence-electron chi connectivity index (χ1n) is 6.89. The second-order valence-electron chi connectivity index (χ2n) is 5.51. The van der Waals surface area contributed by atoms with Crippen molar-refractivity contribution in [2.75, 3.05) is 20.1 Å². The Morgan fingerprint density at radius 1 is 1.21 bits per heavy atom. The molecular formula is C16H21NO2. The van der Waals surface area contributed by atoms with Crippen LogP contribution in [0.15, 0.2) is 24.3 Å². The van der Waals surface area contributed by atoms with Gasteiger partial charge in [-0.05, 0) is 51.9 Å². The molecule has 1 aliphatic heterocycles. The van der Waals surface area contributed by atoms with Gasteiger partial charge in [0.1, 0.15) is 0 Å². The second-order valence-corrected chi connectivity index (χ2v) is 5.51. The minimum absolute atomic E-state index is 0.00828. The summed E-state index contributed by atoms with van der Waals surface area (Å²) in [6.45, 7) is 3.68. The van der Waals surface area contributed by atoms with Crippen LogP contribution in [0.25, 0.3) is 0 Å². The van der Waals surface area contributed by atoms with E-state index in [4.69, 9.17) is 0 Å². The fourth-order valence-corrected chi connectivity index (χ4v) is 2.56. The molecule has 1 aromatic rings. The van der Waals surface area contributed by atoms with E-state index in [2.05, 4.69) is 11.9 Å². The van der Waals surface area contributed by atoms with E-state index in [0.717, 1.165) is 25.9 Å². The fraction of sp³-hybridized carbons (Fsp3) is 0.500.